The minimum Gasteiger partial charge on any atom is -0.396 e. The molecule has 0 amide bonds. The van der Waals surface area contributed by atoms with Gasteiger partial charge in [0.15, 0.2) is 0 Å². The summed E-state index contributed by atoms with van der Waals surface area (Å²) in [7, 11) is 0. The molecule has 0 aliphatic heterocycles. The number of aliphatic hydroxyl groups excluding tert-OH is 1. The third-order valence-electron chi connectivity index (χ3n) is 2.04. The molecule has 0 aromatic carbocycles. The topological polar surface area (TPSA) is 114 Å². The molecule has 0 spiro atoms. The Labute approximate surface area is 109 Å². The zero-order chi connectivity index (χ0) is 13.4. The number of nitrogens with two attached hydrogens (primary N) is 1. The summed E-state index contributed by atoms with van der Waals surface area (Å²) in [6, 6.07) is 2.58. The maximum absolute atomic E-state index is 10.6. The molecule has 4 N–H and O–H groups in total. The fraction of sp³-hybridized carbons (Fsp3) is 0.500. The maximum atomic E-state index is 10.6. The Morgan fingerprint density at radius 1 is 1.50 bits per heavy atom. The molecule has 0 bridgehead atoms. The van der Waals surface area contributed by atoms with Crippen LogP contribution >= 0.6 is 11.8 Å². The SMILES string of the molecule is Nc1cc([N+](=O)[O-])cc(NCCSCCCO)n1. The van der Waals surface area contributed by atoms with Gasteiger partial charge >= 0.3 is 0 Å². The Kier molecular flexibility index (Phi) is 6.23. The molecule has 1 heterocycles. The van der Waals surface area contributed by atoms with Crippen LogP contribution in [0.1, 0.15) is 6.42 Å². The van der Waals surface area contributed by atoms with Gasteiger partial charge in [-0.25, -0.2) is 4.98 Å². The maximum Gasteiger partial charge on any atom is 0.276 e. The summed E-state index contributed by atoms with van der Waals surface area (Å²) in [6.45, 7) is 0.840. The molecular weight excluding hydrogens is 256 g/mol. The molecule has 18 heavy (non-hydrogen) atoms. The second-order valence-corrected chi connectivity index (χ2v) is 4.73. The van der Waals surface area contributed by atoms with Gasteiger partial charge in [0.25, 0.3) is 5.69 Å². The van der Waals surface area contributed by atoms with Crippen LogP contribution in [0, 0.1) is 10.1 Å². The van der Waals surface area contributed by atoms with Crippen molar-refractivity contribution in [3.63, 3.8) is 0 Å². The summed E-state index contributed by atoms with van der Waals surface area (Å²) in [6.07, 6.45) is 0.771. The predicted molar refractivity (Wildman–Crippen MR) is 72.8 cm³/mol. The minimum atomic E-state index is -0.501. The minimum absolute atomic E-state index is 0.0714. The number of nitrogens with one attached hydrogen (secondary N) is 1. The molecule has 0 radical (unpaired) electrons. The Morgan fingerprint density at radius 2 is 2.28 bits per heavy atom. The van der Waals surface area contributed by atoms with Crippen LogP contribution in [0.3, 0.4) is 0 Å². The van der Waals surface area contributed by atoms with E-state index < -0.39 is 4.92 Å². The largest absolute Gasteiger partial charge is 0.396 e. The molecule has 0 atom stereocenters. The molecule has 0 saturated heterocycles. The molecule has 1 rings (SSSR count). The van der Waals surface area contributed by atoms with E-state index in [1.54, 1.807) is 11.8 Å². The van der Waals surface area contributed by atoms with E-state index in [9.17, 15) is 10.1 Å². The first kappa shape index (κ1) is 14.5. The highest BCUT2D eigenvalue weighted by Gasteiger charge is 2.09. The van der Waals surface area contributed by atoms with Crippen molar-refractivity contribution in [2.75, 3.05) is 35.7 Å². The van der Waals surface area contributed by atoms with Crippen LogP contribution in [0.25, 0.3) is 0 Å². The predicted octanol–water partition coefficient (Wildman–Crippen LogP) is 1.10. The van der Waals surface area contributed by atoms with Crippen molar-refractivity contribution in [2.45, 2.75) is 6.42 Å². The molecule has 100 valence electrons. The second-order valence-electron chi connectivity index (χ2n) is 3.51. The van der Waals surface area contributed by atoms with E-state index in [-0.39, 0.29) is 18.1 Å². The second kappa shape index (κ2) is 7.72. The highest BCUT2D eigenvalue weighted by Crippen LogP contribution is 2.18. The van der Waals surface area contributed by atoms with Crippen LogP contribution in [-0.2, 0) is 0 Å². The standard InChI is InChI=1S/C10H16N4O3S/c11-9-6-8(14(16)17)7-10(13-9)12-2-5-18-4-1-3-15/h6-7,15H,1-5H2,(H3,11,12,13). The van der Waals surface area contributed by atoms with Crippen molar-refractivity contribution in [3.8, 4) is 0 Å². The fourth-order valence-corrected chi connectivity index (χ4v) is 2.04. The van der Waals surface area contributed by atoms with Crippen molar-refractivity contribution in [1.82, 2.24) is 4.98 Å². The summed E-state index contributed by atoms with van der Waals surface area (Å²) in [4.78, 5) is 14.1. The molecule has 0 aliphatic carbocycles. The quantitative estimate of drug-likeness (QED) is 0.369. The summed E-state index contributed by atoms with van der Waals surface area (Å²) in [5, 5.41) is 22.2. The third-order valence-corrected chi connectivity index (χ3v) is 3.11. The molecule has 7 nitrogen and oxygen atoms in total. The van der Waals surface area contributed by atoms with E-state index >= 15 is 0 Å². The van der Waals surface area contributed by atoms with Crippen LogP contribution in [0.4, 0.5) is 17.3 Å². The number of rotatable bonds is 8. The van der Waals surface area contributed by atoms with E-state index in [1.807, 2.05) is 0 Å². The number of hydrogen-bond acceptors (Lipinski definition) is 7. The number of anilines is 2. The molecule has 0 saturated carbocycles. The van der Waals surface area contributed by atoms with Crippen molar-refractivity contribution in [2.24, 2.45) is 0 Å². The smallest absolute Gasteiger partial charge is 0.276 e. The van der Waals surface area contributed by atoms with Gasteiger partial charge < -0.3 is 16.2 Å². The van der Waals surface area contributed by atoms with E-state index in [0.717, 1.165) is 17.9 Å². The Morgan fingerprint density at radius 3 is 2.94 bits per heavy atom. The zero-order valence-corrected chi connectivity index (χ0v) is 10.7. The number of aromatic nitrogens is 1. The van der Waals surface area contributed by atoms with E-state index in [4.69, 9.17) is 10.8 Å². The van der Waals surface area contributed by atoms with Gasteiger partial charge in [0, 0.05) is 18.9 Å². The monoisotopic (exact) mass is 272 g/mol. The van der Waals surface area contributed by atoms with Gasteiger partial charge in [0.1, 0.15) is 11.6 Å². The van der Waals surface area contributed by atoms with E-state index in [0.29, 0.717) is 12.4 Å². The number of thioether (sulfide) groups is 1. The van der Waals surface area contributed by atoms with Gasteiger partial charge in [-0.2, -0.15) is 11.8 Å². The number of nitro groups is 1. The first-order valence-corrected chi connectivity index (χ1v) is 6.63. The number of aliphatic hydroxyl groups is 1. The Bertz CT molecular complexity index is 403. The lowest BCUT2D eigenvalue weighted by atomic mass is 10.4. The molecule has 1 aromatic heterocycles. The summed E-state index contributed by atoms with van der Waals surface area (Å²) < 4.78 is 0. The summed E-state index contributed by atoms with van der Waals surface area (Å²) >= 11 is 1.70. The van der Waals surface area contributed by atoms with Gasteiger partial charge in [0.05, 0.1) is 17.1 Å². The molecule has 1 aromatic rings. The summed E-state index contributed by atoms with van der Waals surface area (Å²) in [5.41, 5.74) is 5.41. The van der Waals surface area contributed by atoms with Gasteiger partial charge in [-0.15, -0.1) is 0 Å². The van der Waals surface area contributed by atoms with Crippen LogP contribution < -0.4 is 11.1 Å². The first-order chi connectivity index (χ1) is 8.63. The zero-order valence-electron chi connectivity index (χ0n) is 9.83. The van der Waals surface area contributed by atoms with Gasteiger partial charge in [-0.3, -0.25) is 10.1 Å². The van der Waals surface area contributed by atoms with Gasteiger partial charge in [-0.1, -0.05) is 0 Å². The Balaban J connectivity index is 2.40. The number of nitrogens with zero attached hydrogens (tertiary/aromatic N) is 2. The van der Waals surface area contributed by atoms with Crippen molar-refractivity contribution in [3.05, 3.63) is 22.2 Å². The van der Waals surface area contributed by atoms with Crippen molar-refractivity contribution >= 4 is 29.1 Å². The lowest BCUT2D eigenvalue weighted by molar-refractivity contribution is -0.384. The molecule has 0 fully saturated rings. The number of nitrogen functional groups attached to an aromatic ring is 1. The average molecular weight is 272 g/mol. The van der Waals surface area contributed by atoms with Crippen LogP contribution in [-0.4, -0.2) is 39.7 Å². The molecular formula is C10H16N4O3S. The molecule has 0 aliphatic rings. The van der Waals surface area contributed by atoms with E-state index in [2.05, 4.69) is 10.3 Å². The lowest BCUT2D eigenvalue weighted by Crippen LogP contribution is -2.07. The van der Waals surface area contributed by atoms with Crippen LogP contribution in [0.5, 0.6) is 0 Å². The van der Waals surface area contributed by atoms with E-state index in [1.165, 1.54) is 12.1 Å². The lowest BCUT2D eigenvalue weighted by Gasteiger charge is -2.06. The van der Waals surface area contributed by atoms with Gasteiger partial charge in [-0.05, 0) is 12.2 Å². The van der Waals surface area contributed by atoms with Crippen LogP contribution in [0.15, 0.2) is 12.1 Å². The highest BCUT2D eigenvalue weighted by molar-refractivity contribution is 7.99. The highest BCUT2D eigenvalue weighted by atomic mass is 32.2. The Hall–Kier alpha value is -1.54. The fourth-order valence-electron chi connectivity index (χ4n) is 1.25. The summed E-state index contributed by atoms with van der Waals surface area (Å²) in [5.74, 6) is 2.26. The number of hydrogen-bond donors (Lipinski definition) is 3. The average Bonchev–Trinajstić information content (AvgIpc) is 2.33. The third kappa shape index (κ3) is 5.19. The van der Waals surface area contributed by atoms with Crippen molar-refractivity contribution < 1.29 is 10.0 Å². The normalized spacial score (nSPS) is 10.3. The first-order valence-electron chi connectivity index (χ1n) is 5.48. The molecule has 0 unspecified atom stereocenters. The van der Waals surface area contributed by atoms with Gasteiger partial charge in [0.2, 0.25) is 0 Å². The van der Waals surface area contributed by atoms with Crippen LogP contribution in [0.2, 0.25) is 0 Å². The molecule has 8 heteroatoms. The number of pyridine rings is 1. The van der Waals surface area contributed by atoms with Crippen molar-refractivity contribution in [1.29, 1.82) is 0 Å².